The van der Waals surface area contributed by atoms with Crippen LogP contribution in [-0.4, -0.2) is 49.4 Å². The van der Waals surface area contributed by atoms with Crippen LogP contribution in [0.3, 0.4) is 0 Å². The first-order valence-corrected chi connectivity index (χ1v) is 20.1. The third-order valence-electron chi connectivity index (χ3n) is 8.86. The molecule has 0 heterocycles. The Bertz CT molecular complexity index is 687. The average molecular weight is 641 g/mol. The van der Waals surface area contributed by atoms with Crippen molar-refractivity contribution in [1.82, 2.24) is 9.80 Å². The zero-order chi connectivity index (χ0) is 33.6. The minimum atomic E-state index is 0.393. The maximum absolute atomic E-state index is 13.1. The molecule has 0 aliphatic heterocycles. The Morgan fingerprint density at radius 3 is 1.15 bits per heavy atom. The van der Waals surface area contributed by atoms with E-state index in [1.54, 1.807) is 0 Å². The van der Waals surface area contributed by atoms with Crippen LogP contribution in [0.5, 0.6) is 0 Å². The molecule has 0 saturated carbocycles. The van der Waals surface area contributed by atoms with E-state index in [-0.39, 0.29) is 0 Å². The fourth-order valence-electron chi connectivity index (χ4n) is 5.81. The first kappa shape index (κ1) is 44.4. The van der Waals surface area contributed by atoms with Crippen LogP contribution in [0.2, 0.25) is 0 Å². The van der Waals surface area contributed by atoms with Gasteiger partial charge in [0.15, 0.2) is 0 Å². The predicted octanol–water partition coefficient (Wildman–Crippen LogP) is 13.2. The molecule has 0 bridgehead atoms. The van der Waals surface area contributed by atoms with Crippen molar-refractivity contribution in [1.29, 1.82) is 0 Å². The van der Waals surface area contributed by atoms with Crippen LogP contribution in [0, 0.1) is 0 Å². The molecule has 0 spiro atoms. The van der Waals surface area contributed by atoms with Gasteiger partial charge < -0.3 is 9.80 Å². The molecule has 0 fully saturated rings. The van der Waals surface area contributed by atoms with Crippen molar-refractivity contribution in [2.75, 3.05) is 33.7 Å². The minimum absolute atomic E-state index is 0.393. The van der Waals surface area contributed by atoms with Gasteiger partial charge in [-0.15, -0.1) is 0 Å². The van der Waals surface area contributed by atoms with E-state index in [0.717, 1.165) is 64.6 Å². The fourth-order valence-corrected chi connectivity index (χ4v) is 5.81. The number of carbonyl (C=O) groups is 1. The van der Waals surface area contributed by atoms with E-state index < -0.39 is 0 Å². The van der Waals surface area contributed by atoms with Gasteiger partial charge in [0, 0.05) is 19.5 Å². The SMILES string of the molecule is CCCCC/C=C\C/C=C\CCCCCCCCN(CCCCCCCC/C=C\C/C=C\CCCCC)C(=O)CCCCN(C)C. The predicted molar refractivity (Wildman–Crippen MR) is 208 cm³/mol. The molecule has 0 aliphatic rings. The number of rotatable bonds is 35. The number of hydrogen-bond acceptors (Lipinski definition) is 2. The van der Waals surface area contributed by atoms with Crippen LogP contribution in [-0.2, 0) is 4.79 Å². The zero-order valence-electron chi connectivity index (χ0n) is 31.6. The molecule has 3 nitrogen and oxygen atoms in total. The Balaban J connectivity index is 4.03. The first-order valence-electron chi connectivity index (χ1n) is 20.1. The van der Waals surface area contributed by atoms with Crippen LogP contribution in [0.4, 0.5) is 0 Å². The molecule has 3 heteroatoms. The summed E-state index contributed by atoms with van der Waals surface area (Å²) < 4.78 is 0. The van der Waals surface area contributed by atoms with Gasteiger partial charge in [0.2, 0.25) is 5.91 Å². The molecule has 0 aromatic carbocycles. The summed E-state index contributed by atoms with van der Waals surface area (Å²) in [5.74, 6) is 0.393. The van der Waals surface area contributed by atoms with Gasteiger partial charge in [0.1, 0.15) is 0 Å². The standard InChI is InChI=1S/C43H80N2O/c1-5-7-9-11-13-15-17-19-21-23-25-27-29-31-33-36-41-45(43(46)39-35-38-40-44(3)4)42-37-34-32-30-28-26-24-22-20-18-16-14-12-10-8-6-2/h13-16,19-22H,5-12,17-18,23-42H2,1-4H3/b15-13-,16-14-,21-19-,22-20-. The molecular formula is C43H80N2O. The Kier molecular flexibility index (Phi) is 36.5. The van der Waals surface area contributed by atoms with Gasteiger partial charge in [0.25, 0.3) is 0 Å². The average Bonchev–Trinajstić information content (AvgIpc) is 3.05. The summed E-state index contributed by atoms with van der Waals surface area (Å²) in [6, 6.07) is 0. The number of nitrogens with zero attached hydrogens (tertiary/aromatic N) is 2. The van der Waals surface area contributed by atoms with Crippen LogP contribution >= 0.6 is 0 Å². The van der Waals surface area contributed by atoms with Gasteiger partial charge >= 0.3 is 0 Å². The van der Waals surface area contributed by atoms with Crippen LogP contribution in [0.15, 0.2) is 48.6 Å². The Morgan fingerprint density at radius 2 is 0.761 bits per heavy atom. The van der Waals surface area contributed by atoms with Crippen molar-refractivity contribution in [2.24, 2.45) is 0 Å². The second-order valence-electron chi connectivity index (χ2n) is 13.8. The lowest BCUT2D eigenvalue weighted by Gasteiger charge is -2.23. The van der Waals surface area contributed by atoms with E-state index in [1.165, 1.54) is 128 Å². The van der Waals surface area contributed by atoms with Gasteiger partial charge in [-0.2, -0.15) is 0 Å². The quantitative estimate of drug-likeness (QED) is 0.0508. The molecule has 0 aromatic rings. The van der Waals surface area contributed by atoms with Crippen molar-refractivity contribution in [3.8, 4) is 0 Å². The molecule has 0 rings (SSSR count). The second kappa shape index (κ2) is 37.8. The number of amides is 1. The lowest BCUT2D eigenvalue weighted by Crippen LogP contribution is -2.33. The van der Waals surface area contributed by atoms with E-state index in [4.69, 9.17) is 0 Å². The summed E-state index contributed by atoms with van der Waals surface area (Å²) in [6.07, 6.45) is 52.0. The Hall–Kier alpha value is -1.61. The normalized spacial score (nSPS) is 12.3. The largest absolute Gasteiger partial charge is 0.343 e. The summed E-state index contributed by atoms with van der Waals surface area (Å²) >= 11 is 0. The lowest BCUT2D eigenvalue weighted by molar-refractivity contribution is -0.131. The van der Waals surface area contributed by atoms with Crippen LogP contribution in [0.25, 0.3) is 0 Å². The highest BCUT2D eigenvalue weighted by atomic mass is 16.2. The molecule has 0 unspecified atom stereocenters. The maximum Gasteiger partial charge on any atom is 0.222 e. The number of hydrogen-bond donors (Lipinski definition) is 0. The smallest absolute Gasteiger partial charge is 0.222 e. The summed E-state index contributed by atoms with van der Waals surface area (Å²) in [6.45, 7) is 7.52. The molecular weight excluding hydrogens is 560 g/mol. The van der Waals surface area contributed by atoms with Gasteiger partial charge in [-0.05, 0) is 111 Å². The fraction of sp³-hybridized carbons (Fsp3) is 0.791. The van der Waals surface area contributed by atoms with Crippen molar-refractivity contribution >= 4 is 5.91 Å². The molecule has 0 atom stereocenters. The highest BCUT2D eigenvalue weighted by molar-refractivity contribution is 5.76. The Morgan fingerprint density at radius 1 is 0.413 bits per heavy atom. The molecule has 0 aliphatic carbocycles. The summed E-state index contributed by atoms with van der Waals surface area (Å²) in [4.78, 5) is 17.5. The molecule has 0 N–H and O–H groups in total. The summed E-state index contributed by atoms with van der Waals surface area (Å²) in [7, 11) is 4.23. The van der Waals surface area contributed by atoms with Gasteiger partial charge in [-0.25, -0.2) is 0 Å². The number of carbonyl (C=O) groups excluding carboxylic acids is 1. The van der Waals surface area contributed by atoms with Crippen molar-refractivity contribution in [2.45, 2.75) is 187 Å². The van der Waals surface area contributed by atoms with E-state index >= 15 is 0 Å². The molecule has 0 saturated heterocycles. The molecule has 1 amide bonds. The van der Waals surface area contributed by atoms with Crippen molar-refractivity contribution < 1.29 is 4.79 Å². The molecule has 46 heavy (non-hydrogen) atoms. The topological polar surface area (TPSA) is 23.6 Å². The van der Waals surface area contributed by atoms with Crippen LogP contribution in [0.1, 0.15) is 187 Å². The number of allylic oxidation sites excluding steroid dienone is 8. The third kappa shape index (κ3) is 35.2. The second-order valence-corrected chi connectivity index (χ2v) is 13.8. The molecule has 268 valence electrons. The van der Waals surface area contributed by atoms with Gasteiger partial charge in [-0.1, -0.05) is 140 Å². The van der Waals surface area contributed by atoms with E-state index in [9.17, 15) is 4.79 Å². The highest BCUT2D eigenvalue weighted by Gasteiger charge is 2.12. The first-order chi connectivity index (χ1) is 22.6. The molecule has 0 radical (unpaired) electrons. The van der Waals surface area contributed by atoms with Gasteiger partial charge in [0.05, 0.1) is 0 Å². The van der Waals surface area contributed by atoms with Crippen molar-refractivity contribution in [3.63, 3.8) is 0 Å². The lowest BCUT2D eigenvalue weighted by atomic mass is 10.1. The van der Waals surface area contributed by atoms with E-state index in [2.05, 4.69) is 86.4 Å². The Labute approximate surface area is 289 Å². The third-order valence-corrected chi connectivity index (χ3v) is 8.86. The van der Waals surface area contributed by atoms with E-state index in [1.807, 2.05) is 0 Å². The summed E-state index contributed by atoms with van der Waals surface area (Å²) in [5.41, 5.74) is 0. The molecule has 0 aromatic heterocycles. The van der Waals surface area contributed by atoms with Crippen molar-refractivity contribution in [3.05, 3.63) is 48.6 Å². The maximum atomic E-state index is 13.1. The number of unbranched alkanes of at least 4 members (excludes halogenated alkanes) is 19. The minimum Gasteiger partial charge on any atom is -0.343 e. The van der Waals surface area contributed by atoms with E-state index in [0.29, 0.717) is 5.91 Å². The van der Waals surface area contributed by atoms with Gasteiger partial charge in [-0.3, -0.25) is 4.79 Å². The summed E-state index contributed by atoms with van der Waals surface area (Å²) in [5, 5.41) is 0. The highest BCUT2D eigenvalue weighted by Crippen LogP contribution is 2.13. The zero-order valence-corrected chi connectivity index (χ0v) is 31.6. The van der Waals surface area contributed by atoms with Crippen LogP contribution < -0.4 is 0 Å². The monoisotopic (exact) mass is 641 g/mol.